The molecule has 0 bridgehead atoms. The van der Waals surface area contributed by atoms with Crippen LogP contribution in [0.4, 0.5) is 5.69 Å². The summed E-state index contributed by atoms with van der Waals surface area (Å²) >= 11 is 0. The molecule has 0 aliphatic heterocycles. The van der Waals surface area contributed by atoms with Gasteiger partial charge in [0.2, 0.25) is 0 Å². The Kier molecular flexibility index (Phi) is 3.29. The molecule has 0 atom stereocenters. The van der Waals surface area contributed by atoms with Crippen molar-refractivity contribution in [2.75, 3.05) is 5.32 Å². The first-order chi connectivity index (χ1) is 8.68. The quantitative estimate of drug-likeness (QED) is 0.850. The lowest BCUT2D eigenvalue weighted by atomic mass is 10.2. The van der Waals surface area contributed by atoms with Gasteiger partial charge in [0.05, 0.1) is 0 Å². The molecule has 1 amide bonds. The van der Waals surface area contributed by atoms with Crippen LogP contribution in [0, 0.1) is 0 Å². The third kappa shape index (κ3) is 2.49. The van der Waals surface area contributed by atoms with Crippen molar-refractivity contribution >= 4 is 17.6 Å². The molecule has 0 unspecified atom stereocenters. The molecule has 2 aromatic rings. The van der Waals surface area contributed by atoms with Crippen molar-refractivity contribution in [3.8, 4) is 0 Å². The molecule has 6 nitrogen and oxygen atoms in total. The topological polar surface area (TPSA) is 92.2 Å². The Bertz CT molecular complexity index is 584. The largest absolute Gasteiger partial charge is 0.476 e. The summed E-state index contributed by atoms with van der Waals surface area (Å²) in [6.07, 6.45) is 2.50. The number of hydrogen-bond acceptors (Lipinski definition) is 4. The Morgan fingerprint density at radius 2 is 1.61 bits per heavy atom. The predicted octanol–water partition coefficient (Wildman–Crippen LogP) is 1.43. The van der Waals surface area contributed by atoms with Crippen LogP contribution in [0.1, 0.15) is 21.0 Å². The van der Waals surface area contributed by atoms with E-state index in [4.69, 9.17) is 5.11 Å². The van der Waals surface area contributed by atoms with E-state index in [9.17, 15) is 9.59 Å². The molecule has 1 aromatic heterocycles. The summed E-state index contributed by atoms with van der Waals surface area (Å²) in [4.78, 5) is 30.1. The molecular formula is C12H9N3O3. The summed E-state index contributed by atoms with van der Waals surface area (Å²) in [6.45, 7) is 0. The van der Waals surface area contributed by atoms with Gasteiger partial charge in [0, 0.05) is 18.1 Å². The van der Waals surface area contributed by atoms with Crippen molar-refractivity contribution in [3.05, 3.63) is 54.1 Å². The highest BCUT2D eigenvalue weighted by Gasteiger charge is 2.19. The van der Waals surface area contributed by atoms with Gasteiger partial charge in [-0.2, -0.15) is 0 Å². The molecule has 0 radical (unpaired) electrons. The van der Waals surface area contributed by atoms with Crippen LogP contribution in [-0.4, -0.2) is 27.0 Å². The highest BCUT2D eigenvalue weighted by Crippen LogP contribution is 2.09. The summed E-state index contributed by atoms with van der Waals surface area (Å²) in [5, 5.41) is 11.4. The standard InChI is InChI=1S/C12H9N3O3/c16-11(15-8-4-2-1-3-5-8)9-10(12(17)18)14-7-6-13-9/h1-7H,(H,15,16)(H,17,18). The predicted molar refractivity (Wildman–Crippen MR) is 63.4 cm³/mol. The fraction of sp³-hybridized carbons (Fsp3) is 0. The first kappa shape index (κ1) is 11.7. The number of carbonyl (C=O) groups is 2. The van der Waals surface area contributed by atoms with Crippen molar-refractivity contribution in [2.45, 2.75) is 0 Å². The smallest absolute Gasteiger partial charge is 0.356 e. The number of carboxylic acids is 1. The molecule has 2 rings (SSSR count). The number of nitrogens with one attached hydrogen (secondary N) is 1. The van der Waals surface area contributed by atoms with E-state index in [1.807, 2.05) is 0 Å². The number of aromatic carboxylic acids is 1. The molecule has 0 spiro atoms. The zero-order valence-corrected chi connectivity index (χ0v) is 9.20. The van der Waals surface area contributed by atoms with Gasteiger partial charge in [0.25, 0.3) is 5.91 Å². The minimum absolute atomic E-state index is 0.214. The highest BCUT2D eigenvalue weighted by atomic mass is 16.4. The van der Waals surface area contributed by atoms with Gasteiger partial charge < -0.3 is 10.4 Å². The van der Waals surface area contributed by atoms with E-state index in [0.29, 0.717) is 5.69 Å². The van der Waals surface area contributed by atoms with Crippen LogP contribution >= 0.6 is 0 Å². The van der Waals surface area contributed by atoms with Crippen LogP contribution in [0.2, 0.25) is 0 Å². The molecule has 0 saturated heterocycles. The number of para-hydroxylation sites is 1. The third-order valence-electron chi connectivity index (χ3n) is 2.15. The first-order valence-corrected chi connectivity index (χ1v) is 5.09. The van der Waals surface area contributed by atoms with E-state index < -0.39 is 11.9 Å². The minimum Gasteiger partial charge on any atom is -0.476 e. The van der Waals surface area contributed by atoms with E-state index in [1.165, 1.54) is 12.4 Å². The van der Waals surface area contributed by atoms with Gasteiger partial charge in [-0.15, -0.1) is 0 Å². The Morgan fingerprint density at radius 3 is 2.22 bits per heavy atom. The van der Waals surface area contributed by atoms with Crippen molar-refractivity contribution in [2.24, 2.45) is 0 Å². The SMILES string of the molecule is O=C(O)c1nccnc1C(=O)Nc1ccccc1. The summed E-state index contributed by atoms with van der Waals surface area (Å²) in [7, 11) is 0. The highest BCUT2D eigenvalue weighted by molar-refractivity contribution is 6.08. The average molecular weight is 243 g/mol. The maximum atomic E-state index is 11.9. The fourth-order valence-electron chi connectivity index (χ4n) is 1.37. The monoisotopic (exact) mass is 243 g/mol. The lowest BCUT2D eigenvalue weighted by molar-refractivity contribution is 0.0685. The third-order valence-corrected chi connectivity index (χ3v) is 2.15. The molecule has 0 aliphatic carbocycles. The van der Waals surface area contributed by atoms with Crippen LogP contribution in [0.25, 0.3) is 0 Å². The van der Waals surface area contributed by atoms with Gasteiger partial charge in [-0.3, -0.25) is 4.79 Å². The Morgan fingerprint density at radius 1 is 1.00 bits per heavy atom. The lowest BCUT2D eigenvalue weighted by Crippen LogP contribution is -2.19. The summed E-state index contributed by atoms with van der Waals surface area (Å²) in [6, 6.07) is 8.69. The van der Waals surface area contributed by atoms with Gasteiger partial charge >= 0.3 is 5.97 Å². The van der Waals surface area contributed by atoms with E-state index >= 15 is 0 Å². The normalized spacial score (nSPS) is 9.78. The molecule has 0 fully saturated rings. The number of carbonyl (C=O) groups excluding carboxylic acids is 1. The molecule has 2 N–H and O–H groups in total. The molecule has 18 heavy (non-hydrogen) atoms. The maximum Gasteiger partial charge on any atom is 0.356 e. The summed E-state index contributed by atoms with van der Waals surface area (Å²) in [5.41, 5.74) is -0.0238. The average Bonchev–Trinajstić information content (AvgIpc) is 2.40. The Hall–Kier alpha value is -2.76. The van der Waals surface area contributed by atoms with Crippen LogP contribution < -0.4 is 5.32 Å². The van der Waals surface area contributed by atoms with Gasteiger partial charge in [-0.25, -0.2) is 14.8 Å². The van der Waals surface area contributed by atoms with Gasteiger partial charge in [0.1, 0.15) is 0 Å². The van der Waals surface area contributed by atoms with Crippen LogP contribution in [0.15, 0.2) is 42.7 Å². The second-order valence-electron chi connectivity index (χ2n) is 3.38. The van der Waals surface area contributed by atoms with E-state index in [-0.39, 0.29) is 11.4 Å². The van der Waals surface area contributed by atoms with Crippen LogP contribution in [0.5, 0.6) is 0 Å². The number of nitrogens with zero attached hydrogens (tertiary/aromatic N) is 2. The first-order valence-electron chi connectivity index (χ1n) is 5.09. The number of benzene rings is 1. The van der Waals surface area contributed by atoms with Crippen molar-refractivity contribution in [3.63, 3.8) is 0 Å². The number of aromatic nitrogens is 2. The lowest BCUT2D eigenvalue weighted by Gasteiger charge is -2.05. The number of amides is 1. The Balaban J connectivity index is 2.27. The molecule has 0 aliphatic rings. The van der Waals surface area contributed by atoms with Crippen LogP contribution in [-0.2, 0) is 0 Å². The summed E-state index contributed by atoms with van der Waals surface area (Å²) in [5.74, 6) is -1.90. The fourth-order valence-corrected chi connectivity index (χ4v) is 1.37. The molecule has 1 aromatic carbocycles. The van der Waals surface area contributed by atoms with E-state index in [1.54, 1.807) is 30.3 Å². The molecule has 0 saturated carbocycles. The van der Waals surface area contributed by atoms with Crippen molar-refractivity contribution in [1.29, 1.82) is 0 Å². The molecule has 6 heteroatoms. The second-order valence-corrected chi connectivity index (χ2v) is 3.38. The van der Waals surface area contributed by atoms with Gasteiger partial charge in [-0.05, 0) is 12.1 Å². The van der Waals surface area contributed by atoms with E-state index in [2.05, 4.69) is 15.3 Å². The van der Waals surface area contributed by atoms with Crippen LogP contribution in [0.3, 0.4) is 0 Å². The minimum atomic E-state index is -1.29. The van der Waals surface area contributed by atoms with Crippen molar-refractivity contribution < 1.29 is 14.7 Å². The number of hydrogen-bond donors (Lipinski definition) is 2. The van der Waals surface area contributed by atoms with Gasteiger partial charge in [-0.1, -0.05) is 18.2 Å². The van der Waals surface area contributed by atoms with Gasteiger partial charge in [0.15, 0.2) is 11.4 Å². The number of rotatable bonds is 3. The second kappa shape index (κ2) is 5.05. The van der Waals surface area contributed by atoms with Crippen molar-refractivity contribution in [1.82, 2.24) is 9.97 Å². The number of anilines is 1. The zero-order chi connectivity index (χ0) is 13.0. The maximum absolute atomic E-state index is 11.9. The number of carboxylic acid groups (broad SMARTS) is 1. The molecular weight excluding hydrogens is 234 g/mol. The molecule has 1 heterocycles. The zero-order valence-electron chi connectivity index (χ0n) is 9.20. The van der Waals surface area contributed by atoms with E-state index in [0.717, 1.165) is 0 Å². The Labute approximate surface area is 102 Å². The summed E-state index contributed by atoms with van der Waals surface area (Å²) < 4.78 is 0. The molecule has 90 valence electrons.